The second-order valence-electron chi connectivity index (χ2n) is 10.5. The Balaban J connectivity index is 1.98. The summed E-state index contributed by atoms with van der Waals surface area (Å²) in [5, 5.41) is 0. The van der Waals surface area contributed by atoms with E-state index in [-0.39, 0.29) is 10.8 Å². The number of hydrogen-bond donors (Lipinski definition) is 0. The van der Waals surface area contributed by atoms with Crippen LogP contribution >= 0.6 is 0 Å². The van der Waals surface area contributed by atoms with Crippen molar-refractivity contribution in [2.24, 2.45) is 0 Å². The summed E-state index contributed by atoms with van der Waals surface area (Å²) >= 11 is 0. The van der Waals surface area contributed by atoms with Crippen LogP contribution in [0.5, 0.6) is 0 Å². The Hall–Kier alpha value is -2.08. The molecule has 2 aliphatic carbocycles. The maximum atomic E-state index is 2.53. The summed E-state index contributed by atoms with van der Waals surface area (Å²) in [5.74, 6) is 0.410. The normalized spacial score (nSPS) is 16.0. The van der Waals surface area contributed by atoms with Crippen LogP contribution < -0.4 is 0 Å². The van der Waals surface area contributed by atoms with Crippen LogP contribution in [0.15, 0.2) is 48.6 Å². The minimum atomic E-state index is 0.143. The molecule has 0 saturated carbocycles. The van der Waals surface area contributed by atoms with Crippen LogP contribution in [0.3, 0.4) is 0 Å². The topological polar surface area (TPSA) is 0 Å². The lowest BCUT2D eigenvalue weighted by molar-refractivity contribution is 0.580. The minimum Gasteiger partial charge on any atom is -0.0732 e. The lowest BCUT2D eigenvalue weighted by atomic mass is 9.75. The summed E-state index contributed by atoms with van der Waals surface area (Å²) in [7, 11) is 0. The molecule has 0 aliphatic heterocycles. The van der Waals surface area contributed by atoms with E-state index in [0.717, 1.165) is 12.8 Å². The summed E-state index contributed by atoms with van der Waals surface area (Å²) < 4.78 is 0. The lowest BCUT2D eigenvalue weighted by Gasteiger charge is -2.29. The molecule has 0 N–H and O–H groups in total. The van der Waals surface area contributed by atoms with Gasteiger partial charge in [-0.2, -0.15) is 0 Å². The van der Waals surface area contributed by atoms with Crippen LogP contribution in [-0.4, -0.2) is 0 Å². The molecular formula is C28H34. The van der Waals surface area contributed by atoms with Crippen molar-refractivity contribution in [3.63, 3.8) is 0 Å². The van der Waals surface area contributed by atoms with Gasteiger partial charge in [-0.15, -0.1) is 0 Å². The van der Waals surface area contributed by atoms with Gasteiger partial charge in [0.2, 0.25) is 0 Å². The molecule has 2 aromatic carbocycles. The van der Waals surface area contributed by atoms with E-state index < -0.39 is 0 Å². The van der Waals surface area contributed by atoms with E-state index in [4.69, 9.17) is 0 Å². The van der Waals surface area contributed by atoms with Crippen LogP contribution in [0.25, 0.3) is 11.1 Å². The van der Waals surface area contributed by atoms with E-state index in [2.05, 4.69) is 97.0 Å². The van der Waals surface area contributed by atoms with Crippen molar-refractivity contribution in [3.8, 4) is 11.1 Å². The summed E-state index contributed by atoms with van der Waals surface area (Å²) in [6.07, 6.45) is 11.3. The Bertz CT molecular complexity index is 972. The average molecular weight is 371 g/mol. The zero-order chi connectivity index (χ0) is 20.3. The van der Waals surface area contributed by atoms with Crippen molar-refractivity contribution >= 4 is 0 Å². The number of allylic oxidation sites excluding steroid dienone is 4. The lowest BCUT2D eigenvalue weighted by Crippen LogP contribution is -2.18. The fraction of sp³-hybridized carbons (Fsp3) is 0.429. The van der Waals surface area contributed by atoms with Crippen LogP contribution in [0.1, 0.15) is 87.8 Å². The summed E-state index contributed by atoms with van der Waals surface area (Å²) in [4.78, 5) is 0. The first-order valence-corrected chi connectivity index (χ1v) is 10.8. The van der Waals surface area contributed by atoms with E-state index in [9.17, 15) is 0 Å². The number of hydrogen-bond acceptors (Lipinski definition) is 0. The predicted molar refractivity (Wildman–Crippen MR) is 122 cm³/mol. The van der Waals surface area contributed by atoms with Crippen molar-refractivity contribution in [2.45, 2.75) is 78.1 Å². The quantitative estimate of drug-likeness (QED) is 0.435. The minimum absolute atomic E-state index is 0.143. The molecule has 0 nitrogen and oxygen atoms in total. The Labute approximate surface area is 171 Å². The second-order valence-corrected chi connectivity index (χ2v) is 10.5. The van der Waals surface area contributed by atoms with Gasteiger partial charge in [-0.1, -0.05) is 97.0 Å². The van der Waals surface area contributed by atoms with Crippen molar-refractivity contribution in [1.82, 2.24) is 0 Å². The van der Waals surface area contributed by atoms with Crippen molar-refractivity contribution in [2.75, 3.05) is 0 Å². The Morgan fingerprint density at radius 2 is 1.54 bits per heavy atom. The fourth-order valence-corrected chi connectivity index (χ4v) is 4.94. The van der Waals surface area contributed by atoms with E-state index in [1.54, 1.807) is 11.1 Å². The van der Waals surface area contributed by atoms with Crippen molar-refractivity contribution in [1.29, 1.82) is 0 Å². The number of benzene rings is 2. The molecule has 146 valence electrons. The molecule has 0 radical (unpaired) electrons. The SMILES string of the molecule is CCc1c2c(cc(C(C)(C)C)c1C1C=CC=C1)Cc1cc(C(C)(C)C)ccc1-2. The van der Waals surface area contributed by atoms with E-state index in [1.165, 1.54) is 33.4 Å². The highest BCUT2D eigenvalue weighted by molar-refractivity contribution is 5.82. The molecule has 28 heavy (non-hydrogen) atoms. The molecule has 4 rings (SSSR count). The largest absolute Gasteiger partial charge is 0.0732 e. The highest BCUT2D eigenvalue weighted by Crippen LogP contribution is 2.47. The van der Waals surface area contributed by atoms with Gasteiger partial charge in [0.05, 0.1) is 0 Å². The average Bonchev–Trinajstić information content (AvgIpc) is 3.25. The fourth-order valence-electron chi connectivity index (χ4n) is 4.94. The van der Waals surface area contributed by atoms with Crippen LogP contribution in [-0.2, 0) is 23.7 Å². The Morgan fingerprint density at radius 3 is 2.11 bits per heavy atom. The molecule has 2 aliphatic rings. The van der Waals surface area contributed by atoms with Gasteiger partial charge in [-0.25, -0.2) is 0 Å². The highest BCUT2D eigenvalue weighted by atomic mass is 14.4. The maximum Gasteiger partial charge on any atom is 0.0210 e. The second kappa shape index (κ2) is 6.48. The summed E-state index contributed by atoms with van der Waals surface area (Å²) in [6, 6.07) is 9.73. The molecule has 0 heteroatoms. The van der Waals surface area contributed by atoms with Gasteiger partial charge in [-0.05, 0) is 68.2 Å². The summed E-state index contributed by atoms with van der Waals surface area (Å²) in [6.45, 7) is 16.3. The zero-order valence-corrected chi connectivity index (χ0v) is 18.6. The third-order valence-corrected chi connectivity index (χ3v) is 6.42. The predicted octanol–water partition coefficient (Wildman–Crippen LogP) is 7.62. The van der Waals surface area contributed by atoms with E-state index in [0.29, 0.717) is 5.92 Å². The first-order valence-electron chi connectivity index (χ1n) is 10.8. The van der Waals surface area contributed by atoms with Gasteiger partial charge in [0.15, 0.2) is 0 Å². The van der Waals surface area contributed by atoms with Crippen molar-refractivity contribution < 1.29 is 0 Å². The molecule has 0 heterocycles. The van der Waals surface area contributed by atoms with Crippen molar-refractivity contribution in [3.05, 3.63) is 82.0 Å². The monoisotopic (exact) mass is 370 g/mol. The molecule has 0 fully saturated rings. The van der Waals surface area contributed by atoms with Gasteiger partial charge in [-0.3, -0.25) is 0 Å². The zero-order valence-electron chi connectivity index (χ0n) is 18.6. The van der Waals surface area contributed by atoms with Crippen LogP contribution in [0.2, 0.25) is 0 Å². The smallest absolute Gasteiger partial charge is 0.0210 e. The standard InChI is InChI=1S/C28H34/c1-8-22-25-20(15-19-16-21(27(2,3)4)13-14-23(19)25)17-24(28(5,6)7)26(22)18-11-9-10-12-18/h9-14,16-18H,8,15H2,1-7H3. The van der Waals surface area contributed by atoms with Crippen LogP contribution in [0.4, 0.5) is 0 Å². The molecule has 0 atom stereocenters. The molecule has 0 unspecified atom stereocenters. The number of rotatable bonds is 2. The summed E-state index contributed by atoms with van der Waals surface area (Å²) in [5.41, 5.74) is 12.4. The first-order chi connectivity index (χ1) is 13.1. The van der Waals surface area contributed by atoms with Gasteiger partial charge < -0.3 is 0 Å². The van der Waals surface area contributed by atoms with Gasteiger partial charge in [0.25, 0.3) is 0 Å². The van der Waals surface area contributed by atoms with Gasteiger partial charge >= 0.3 is 0 Å². The van der Waals surface area contributed by atoms with Gasteiger partial charge in [0, 0.05) is 5.92 Å². The molecule has 0 bridgehead atoms. The van der Waals surface area contributed by atoms with Crippen LogP contribution in [0, 0.1) is 0 Å². The molecule has 2 aromatic rings. The van der Waals surface area contributed by atoms with Gasteiger partial charge in [0.1, 0.15) is 0 Å². The first kappa shape index (κ1) is 19.2. The molecule has 0 amide bonds. The highest BCUT2D eigenvalue weighted by Gasteiger charge is 2.31. The van der Waals surface area contributed by atoms with E-state index in [1.807, 2.05) is 0 Å². The molecule has 0 saturated heterocycles. The Kier molecular flexibility index (Phi) is 4.45. The maximum absolute atomic E-state index is 2.53. The number of fused-ring (bicyclic) bond motifs is 3. The molecule has 0 spiro atoms. The molecular weight excluding hydrogens is 336 g/mol. The third kappa shape index (κ3) is 3.08. The Morgan fingerprint density at radius 1 is 0.857 bits per heavy atom. The molecule has 0 aromatic heterocycles. The third-order valence-electron chi connectivity index (χ3n) is 6.42. The van der Waals surface area contributed by atoms with E-state index >= 15 is 0 Å².